The van der Waals surface area contributed by atoms with Gasteiger partial charge >= 0.3 is 6.97 Å². The second-order valence-electron chi connectivity index (χ2n) is 9.62. The van der Waals surface area contributed by atoms with E-state index in [1.807, 2.05) is 97.3 Å². The van der Waals surface area contributed by atoms with Crippen molar-refractivity contribution in [3.8, 4) is 22.9 Å². The highest BCUT2D eigenvalue weighted by atomic mass is 32.2. The van der Waals surface area contributed by atoms with Crippen molar-refractivity contribution in [2.75, 3.05) is 6.26 Å². The third-order valence-corrected chi connectivity index (χ3v) is 7.98. The minimum absolute atomic E-state index is 0.297. The van der Waals surface area contributed by atoms with Gasteiger partial charge in [0.25, 0.3) is 0 Å². The largest absolute Gasteiger partial charge is 0.737 e. The number of aromatic nitrogens is 3. The Morgan fingerprint density at radius 3 is 2.07 bits per heavy atom. The molecule has 0 unspecified atom stereocenters. The molecular weight excluding hydrogens is 537 g/mol. The summed E-state index contributed by atoms with van der Waals surface area (Å²) in [5, 5.41) is 0.627. The van der Waals surface area contributed by atoms with Crippen molar-refractivity contribution in [2.45, 2.75) is 5.03 Å². The van der Waals surface area contributed by atoms with Gasteiger partial charge in [-0.05, 0) is 48.2 Å². The maximum atomic E-state index is 17.0. The first-order valence-electron chi connectivity index (χ1n) is 13.1. The number of thioether (sulfide) groups is 1. The SMILES string of the molecule is CSc1ncnc(Oc2ccccc2)c1C1=C2C=CC(c3ccccc3)=[N+]2[B-](F)(F)n2c1ccc2-c1ccccc1. The average molecular weight is 560 g/mol. The molecule has 0 fully saturated rings. The minimum atomic E-state index is -4.29. The predicted octanol–water partition coefficient (Wildman–Crippen LogP) is 7.53. The lowest BCUT2D eigenvalue weighted by Crippen LogP contribution is -2.51. The smallest absolute Gasteiger partial charge is 0.438 e. The van der Waals surface area contributed by atoms with E-state index in [-0.39, 0.29) is 0 Å². The van der Waals surface area contributed by atoms with E-state index in [0.717, 1.165) is 0 Å². The monoisotopic (exact) mass is 560 g/mol. The highest BCUT2D eigenvalue weighted by molar-refractivity contribution is 7.98. The number of halogens is 2. The van der Waals surface area contributed by atoms with E-state index >= 15 is 8.63 Å². The highest BCUT2D eigenvalue weighted by Crippen LogP contribution is 2.47. The molecule has 0 radical (unpaired) electrons. The summed E-state index contributed by atoms with van der Waals surface area (Å²) >= 11 is 1.42. The van der Waals surface area contributed by atoms with Crippen molar-refractivity contribution in [1.29, 1.82) is 0 Å². The molecule has 0 spiro atoms. The van der Waals surface area contributed by atoms with Crippen molar-refractivity contribution in [3.63, 3.8) is 0 Å². The summed E-state index contributed by atoms with van der Waals surface area (Å²) < 4.78 is 42.6. The Morgan fingerprint density at radius 2 is 1.39 bits per heavy atom. The number of hydrogen-bond donors (Lipinski definition) is 0. The first-order chi connectivity index (χ1) is 20.1. The van der Waals surface area contributed by atoms with Crippen molar-refractivity contribution >= 4 is 30.0 Å². The lowest BCUT2D eigenvalue weighted by atomic mass is 9.85. The molecule has 5 nitrogen and oxygen atoms in total. The molecule has 7 rings (SSSR count). The first-order valence-corrected chi connectivity index (χ1v) is 14.4. The molecule has 200 valence electrons. The third kappa shape index (κ3) is 4.12. The summed E-state index contributed by atoms with van der Waals surface area (Å²) in [4.78, 5) is 9.04. The van der Waals surface area contributed by atoms with Crippen molar-refractivity contribution in [1.82, 2.24) is 14.4 Å². The molecule has 5 aromatic rings. The molecule has 0 saturated carbocycles. The molecule has 2 aliphatic heterocycles. The van der Waals surface area contributed by atoms with E-state index in [4.69, 9.17) is 4.74 Å². The zero-order chi connectivity index (χ0) is 28.0. The number of para-hydroxylation sites is 1. The molecule has 0 saturated heterocycles. The number of allylic oxidation sites excluding steroid dienone is 2. The van der Waals surface area contributed by atoms with Crippen LogP contribution in [-0.2, 0) is 0 Å². The number of fused-ring (bicyclic) bond motifs is 2. The summed E-state index contributed by atoms with van der Waals surface area (Å²) in [6, 6.07) is 31.4. The lowest BCUT2D eigenvalue weighted by Gasteiger charge is -2.34. The third-order valence-electron chi connectivity index (χ3n) is 7.29. The number of rotatable bonds is 6. The molecule has 0 N–H and O–H groups in total. The molecule has 4 heterocycles. The fraction of sp³-hybridized carbons (Fsp3) is 0.0312. The van der Waals surface area contributed by atoms with Crippen LogP contribution in [0.2, 0.25) is 0 Å². The summed E-state index contributed by atoms with van der Waals surface area (Å²) in [5.74, 6) is 0.887. The van der Waals surface area contributed by atoms with Gasteiger partial charge in [0.15, 0.2) is 11.4 Å². The first kappa shape index (κ1) is 25.2. The quantitative estimate of drug-likeness (QED) is 0.122. The van der Waals surface area contributed by atoms with E-state index in [1.54, 1.807) is 24.3 Å². The van der Waals surface area contributed by atoms with Crippen molar-refractivity contribution in [3.05, 3.63) is 144 Å². The highest BCUT2D eigenvalue weighted by Gasteiger charge is 2.55. The molecule has 2 aliphatic rings. The number of benzene rings is 3. The van der Waals surface area contributed by atoms with Gasteiger partial charge in [-0.2, -0.15) is 0 Å². The molecule has 9 heteroatoms. The standard InChI is InChI=1S/C32H23BF2N4OS/c1-41-32-30(31(36-21-37-32)40-24-15-9-4-10-16-24)29-27-19-17-25(22-11-5-2-6-12-22)38(27)33(34,35)39-26(18-20-28(29)39)23-13-7-3-8-14-23/h2-21H,1H3. The lowest BCUT2D eigenvalue weighted by molar-refractivity contribution is -0.360. The summed E-state index contributed by atoms with van der Waals surface area (Å²) in [6.07, 6.45) is 6.87. The van der Waals surface area contributed by atoms with Crippen LogP contribution in [0.1, 0.15) is 16.8 Å². The van der Waals surface area contributed by atoms with Crippen LogP contribution < -0.4 is 4.74 Å². The molecule has 0 bridgehead atoms. The topological polar surface area (TPSA) is 43.0 Å². The van der Waals surface area contributed by atoms with Gasteiger partial charge in [-0.15, -0.1) is 11.8 Å². The Balaban J connectivity index is 1.56. The van der Waals surface area contributed by atoms with Crippen LogP contribution in [0.25, 0.3) is 16.8 Å². The zero-order valence-corrected chi connectivity index (χ0v) is 22.8. The Bertz CT molecular complexity index is 1870. The Labute approximate surface area is 240 Å². The Morgan fingerprint density at radius 1 is 0.756 bits per heavy atom. The maximum Gasteiger partial charge on any atom is 0.737 e. The zero-order valence-electron chi connectivity index (χ0n) is 22.0. The van der Waals surface area contributed by atoms with Gasteiger partial charge < -0.3 is 22.3 Å². The van der Waals surface area contributed by atoms with Gasteiger partial charge in [0.2, 0.25) is 5.88 Å². The molecule has 3 aromatic carbocycles. The number of hydrogen-bond acceptors (Lipinski definition) is 4. The molecule has 0 atom stereocenters. The molecule has 2 aromatic heterocycles. The number of nitrogens with zero attached hydrogens (tertiary/aromatic N) is 4. The Kier molecular flexibility index (Phi) is 6.16. The van der Waals surface area contributed by atoms with Crippen LogP contribution in [0.5, 0.6) is 11.6 Å². The van der Waals surface area contributed by atoms with Gasteiger partial charge in [-0.3, -0.25) is 0 Å². The predicted molar refractivity (Wildman–Crippen MR) is 160 cm³/mol. The second-order valence-corrected chi connectivity index (χ2v) is 10.4. The van der Waals surface area contributed by atoms with Gasteiger partial charge in [0.1, 0.15) is 17.1 Å². The number of ether oxygens (including phenoxy) is 1. The van der Waals surface area contributed by atoms with E-state index in [0.29, 0.717) is 61.7 Å². The molecular formula is C32H23BF2N4OS. The average Bonchev–Trinajstić information content (AvgIpc) is 3.66. The van der Waals surface area contributed by atoms with E-state index in [2.05, 4.69) is 9.97 Å². The summed E-state index contributed by atoms with van der Waals surface area (Å²) in [7, 11) is 0. The van der Waals surface area contributed by atoms with Gasteiger partial charge in [0, 0.05) is 29.1 Å². The fourth-order valence-electron chi connectivity index (χ4n) is 5.57. The van der Waals surface area contributed by atoms with E-state index in [9.17, 15) is 0 Å². The molecule has 0 aliphatic carbocycles. The van der Waals surface area contributed by atoms with Gasteiger partial charge in [-0.1, -0.05) is 66.7 Å². The second kappa shape index (κ2) is 10.0. The van der Waals surface area contributed by atoms with Crippen LogP contribution in [0.3, 0.4) is 0 Å². The van der Waals surface area contributed by atoms with E-state index in [1.165, 1.54) is 27.1 Å². The Hall–Kier alpha value is -4.76. The summed E-state index contributed by atoms with van der Waals surface area (Å²) in [6.45, 7) is -4.29. The van der Waals surface area contributed by atoms with Crippen LogP contribution in [0, 0.1) is 0 Å². The minimum Gasteiger partial charge on any atom is -0.438 e. The van der Waals surface area contributed by atoms with Crippen LogP contribution >= 0.6 is 11.8 Å². The van der Waals surface area contributed by atoms with Crippen molar-refractivity contribution in [2.24, 2.45) is 0 Å². The van der Waals surface area contributed by atoms with Crippen LogP contribution in [0.15, 0.2) is 132 Å². The fourth-order valence-corrected chi connectivity index (χ4v) is 6.11. The molecule has 41 heavy (non-hydrogen) atoms. The summed E-state index contributed by atoms with van der Waals surface area (Å²) in [5.41, 5.74) is 4.15. The van der Waals surface area contributed by atoms with E-state index < -0.39 is 6.97 Å². The van der Waals surface area contributed by atoms with Crippen LogP contribution in [-0.4, -0.2) is 37.9 Å². The van der Waals surface area contributed by atoms with Crippen LogP contribution in [0.4, 0.5) is 8.63 Å². The van der Waals surface area contributed by atoms with Gasteiger partial charge in [0.05, 0.1) is 11.1 Å². The van der Waals surface area contributed by atoms with Gasteiger partial charge in [-0.25, -0.2) is 9.97 Å². The van der Waals surface area contributed by atoms with Crippen molar-refractivity contribution < 1.29 is 17.9 Å². The molecule has 0 amide bonds. The normalized spacial score (nSPS) is 15.2. The maximum absolute atomic E-state index is 17.0.